The van der Waals surface area contributed by atoms with Gasteiger partial charge in [-0.3, -0.25) is 14.5 Å². The van der Waals surface area contributed by atoms with E-state index in [0.717, 1.165) is 18.4 Å². The molecule has 0 fully saturated rings. The van der Waals surface area contributed by atoms with Crippen LogP contribution in [-0.4, -0.2) is 28.9 Å². The molecule has 0 saturated heterocycles. The number of halogens is 1. The summed E-state index contributed by atoms with van der Waals surface area (Å²) in [4.78, 5) is 31.8. The summed E-state index contributed by atoms with van der Waals surface area (Å²) in [7, 11) is 0. The molecule has 3 rings (SSSR count). The van der Waals surface area contributed by atoms with Crippen molar-refractivity contribution in [3.05, 3.63) is 53.2 Å². The van der Waals surface area contributed by atoms with Crippen LogP contribution in [0.25, 0.3) is 0 Å². The molecule has 0 unspecified atom stereocenters. The van der Waals surface area contributed by atoms with Gasteiger partial charge in [0.2, 0.25) is 0 Å². The van der Waals surface area contributed by atoms with Crippen molar-refractivity contribution in [2.45, 2.75) is 38.8 Å². The zero-order chi connectivity index (χ0) is 19.4. The summed E-state index contributed by atoms with van der Waals surface area (Å²) in [6, 6.07) is 10.7. The number of nitrogens with zero attached hydrogens (tertiary/aromatic N) is 2. The Morgan fingerprint density at radius 3 is 2.81 bits per heavy atom. The smallest absolute Gasteiger partial charge is 0.282 e. The summed E-state index contributed by atoms with van der Waals surface area (Å²) in [5.74, 6) is -0.0573. The number of anilines is 1. The second kappa shape index (κ2) is 7.96. The van der Waals surface area contributed by atoms with E-state index in [4.69, 9.17) is 16.3 Å². The fourth-order valence-electron chi connectivity index (χ4n) is 2.93. The van der Waals surface area contributed by atoms with Crippen LogP contribution in [0.15, 0.2) is 42.6 Å². The van der Waals surface area contributed by atoms with Crippen molar-refractivity contribution >= 4 is 29.2 Å². The molecule has 1 aromatic heterocycles. The van der Waals surface area contributed by atoms with Crippen molar-refractivity contribution in [3.63, 3.8) is 0 Å². The lowest BCUT2D eigenvalue weighted by Gasteiger charge is -2.38. The molecule has 2 aromatic rings. The molecule has 1 N–H and O–H groups in total. The minimum absolute atomic E-state index is 0.208. The largest absolute Gasteiger partial charge is 0.464 e. The zero-order valence-corrected chi connectivity index (χ0v) is 16.1. The van der Waals surface area contributed by atoms with Crippen LogP contribution in [0.5, 0.6) is 5.75 Å². The highest BCUT2D eigenvalue weighted by Crippen LogP contribution is 2.36. The van der Waals surface area contributed by atoms with Gasteiger partial charge >= 0.3 is 0 Å². The number of benzene rings is 1. The van der Waals surface area contributed by atoms with Crippen molar-refractivity contribution in [3.8, 4) is 5.75 Å². The van der Waals surface area contributed by atoms with Crippen LogP contribution in [0.2, 0.25) is 5.02 Å². The van der Waals surface area contributed by atoms with E-state index < -0.39 is 17.4 Å². The molecule has 1 atom stereocenters. The molecule has 1 aliphatic heterocycles. The third-order valence-corrected chi connectivity index (χ3v) is 4.91. The van der Waals surface area contributed by atoms with E-state index in [2.05, 4.69) is 10.3 Å². The molecule has 0 radical (unpaired) electrons. The van der Waals surface area contributed by atoms with Crippen LogP contribution >= 0.6 is 11.6 Å². The lowest BCUT2D eigenvalue weighted by molar-refractivity contribution is -0.148. The van der Waals surface area contributed by atoms with Gasteiger partial charge in [0, 0.05) is 24.3 Å². The monoisotopic (exact) mass is 387 g/mol. The Balaban J connectivity index is 1.84. The number of ether oxygens (including phenoxy) is 1. The van der Waals surface area contributed by atoms with E-state index in [-0.39, 0.29) is 6.54 Å². The molecule has 27 heavy (non-hydrogen) atoms. The first kappa shape index (κ1) is 19.2. The number of pyridine rings is 1. The van der Waals surface area contributed by atoms with Gasteiger partial charge in [-0.05, 0) is 37.1 Å². The molecule has 2 heterocycles. The average molecular weight is 388 g/mol. The highest BCUT2D eigenvalue weighted by molar-refractivity contribution is 6.31. The number of hydrogen-bond donors (Lipinski definition) is 1. The Morgan fingerprint density at radius 2 is 2.07 bits per heavy atom. The minimum Gasteiger partial charge on any atom is -0.464 e. The number of fused-ring (bicyclic) bond motifs is 1. The summed E-state index contributed by atoms with van der Waals surface area (Å²) in [5, 5.41) is 3.33. The first-order chi connectivity index (χ1) is 13.0. The van der Waals surface area contributed by atoms with Gasteiger partial charge in [-0.25, -0.2) is 4.98 Å². The highest BCUT2D eigenvalue weighted by Gasteiger charge is 2.50. The average Bonchev–Trinajstić information content (AvgIpc) is 2.67. The van der Waals surface area contributed by atoms with E-state index >= 15 is 0 Å². The van der Waals surface area contributed by atoms with Crippen LogP contribution in [0, 0.1) is 0 Å². The third-order valence-electron chi connectivity index (χ3n) is 4.54. The maximum atomic E-state index is 13.1. The summed E-state index contributed by atoms with van der Waals surface area (Å²) >= 11 is 6.14. The van der Waals surface area contributed by atoms with Crippen LogP contribution in [0.3, 0.4) is 0 Å². The fourth-order valence-corrected chi connectivity index (χ4v) is 3.14. The molecule has 6 nitrogen and oxygen atoms in total. The van der Waals surface area contributed by atoms with Gasteiger partial charge in [0.25, 0.3) is 17.4 Å². The number of aromatic nitrogens is 1. The molecule has 0 aliphatic carbocycles. The van der Waals surface area contributed by atoms with E-state index in [0.29, 0.717) is 23.1 Å². The quantitative estimate of drug-likeness (QED) is 0.772. The molecular weight excluding hydrogens is 366 g/mol. The Kier molecular flexibility index (Phi) is 5.65. The van der Waals surface area contributed by atoms with Gasteiger partial charge in [-0.15, -0.1) is 0 Å². The van der Waals surface area contributed by atoms with Gasteiger partial charge in [-0.2, -0.15) is 0 Å². The third kappa shape index (κ3) is 3.76. The highest BCUT2D eigenvalue weighted by atomic mass is 35.5. The maximum Gasteiger partial charge on any atom is 0.282 e. The molecule has 0 bridgehead atoms. The second-order valence-electron chi connectivity index (χ2n) is 6.54. The maximum absolute atomic E-state index is 13.1. The number of carbonyl (C=O) groups is 2. The number of amides is 2. The van der Waals surface area contributed by atoms with Gasteiger partial charge in [0.05, 0.1) is 0 Å². The molecule has 2 amide bonds. The summed E-state index contributed by atoms with van der Waals surface area (Å²) in [5.41, 5.74) is -0.894. The SMILES string of the molecule is CCCCN1C(=O)[C@](C)(C(=O)NCc2ccccc2Cl)Oc2cccnc21. The predicted molar refractivity (Wildman–Crippen MR) is 104 cm³/mol. The Labute approximate surface area is 163 Å². The second-order valence-corrected chi connectivity index (χ2v) is 6.95. The van der Waals surface area contributed by atoms with Crippen LogP contribution in [0.1, 0.15) is 32.3 Å². The molecule has 1 aliphatic rings. The van der Waals surface area contributed by atoms with Gasteiger partial charge in [0.15, 0.2) is 11.6 Å². The molecular formula is C20H22ClN3O3. The Morgan fingerprint density at radius 1 is 1.30 bits per heavy atom. The number of carbonyl (C=O) groups excluding carboxylic acids is 2. The summed E-state index contributed by atoms with van der Waals surface area (Å²) in [6.07, 6.45) is 3.33. The van der Waals surface area contributed by atoms with Crippen molar-refractivity contribution in [1.82, 2.24) is 10.3 Å². The molecule has 0 spiro atoms. The lowest BCUT2D eigenvalue weighted by Crippen LogP contribution is -2.62. The van der Waals surface area contributed by atoms with Crippen LogP contribution in [0.4, 0.5) is 5.82 Å². The zero-order valence-electron chi connectivity index (χ0n) is 15.4. The molecule has 142 valence electrons. The van der Waals surface area contributed by atoms with Crippen molar-refractivity contribution < 1.29 is 14.3 Å². The Hall–Kier alpha value is -2.60. The predicted octanol–water partition coefficient (Wildman–Crippen LogP) is 3.34. The van der Waals surface area contributed by atoms with Crippen molar-refractivity contribution in [1.29, 1.82) is 0 Å². The van der Waals surface area contributed by atoms with Crippen LogP contribution in [-0.2, 0) is 16.1 Å². The van der Waals surface area contributed by atoms with Crippen molar-refractivity contribution in [2.75, 3.05) is 11.4 Å². The van der Waals surface area contributed by atoms with E-state index in [1.165, 1.54) is 11.8 Å². The van der Waals surface area contributed by atoms with E-state index in [1.807, 2.05) is 25.1 Å². The van der Waals surface area contributed by atoms with Gasteiger partial charge in [-0.1, -0.05) is 43.1 Å². The van der Waals surface area contributed by atoms with Gasteiger partial charge in [0.1, 0.15) is 0 Å². The van der Waals surface area contributed by atoms with Crippen LogP contribution < -0.4 is 15.0 Å². The van der Waals surface area contributed by atoms with Gasteiger partial charge < -0.3 is 10.1 Å². The van der Waals surface area contributed by atoms with Crippen molar-refractivity contribution in [2.24, 2.45) is 0 Å². The van der Waals surface area contributed by atoms with E-state index in [9.17, 15) is 9.59 Å². The standard InChI is InChI=1S/C20H22ClN3O3/c1-3-4-12-24-17-16(10-7-11-22-17)27-20(2,19(24)26)18(25)23-13-14-8-5-6-9-15(14)21/h5-11H,3-4,12-13H2,1-2H3,(H,23,25)/t20-/m0/s1. The van der Waals surface area contributed by atoms with E-state index in [1.54, 1.807) is 24.4 Å². The number of rotatable bonds is 6. The number of unbranched alkanes of at least 4 members (excludes halogenated alkanes) is 1. The summed E-state index contributed by atoms with van der Waals surface area (Å²) < 4.78 is 5.82. The molecule has 0 saturated carbocycles. The number of hydrogen-bond acceptors (Lipinski definition) is 4. The number of nitrogens with one attached hydrogen (secondary N) is 1. The first-order valence-electron chi connectivity index (χ1n) is 8.95. The fraction of sp³-hybridized carbons (Fsp3) is 0.350. The summed E-state index contributed by atoms with van der Waals surface area (Å²) in [6.45, 7) is 4.22. The normalized spacial score (nSPS) is 18.6. The molecule has 7 heteroatoms. The molecule has 1 aromatic carbocycles. The lowest BCUT2D eigenvalue weighted by atomic mass is 10.0. The minimum atomic E-state index is -1.66. The topological polar surface area (TPSA) is 71.5 Å². The first-order valence-corrected chi connectivity index (χ1v) is 9.33. The Bertz CT molecular complexity index is 858.